The Bertz CT molecular complexity index is 553. The van der Waals surface area contributed by atoms with Crippen LogP contribution in [0.25, 0.3) is 0 Å². The van der Waals surface area contributed by atoms with Crippen LogP contribution >= 0.6 is 0 Å². The van der Waals surface area contributed by atoms with E-state index in [2.05, 4.69) is 38.2 Å². The van der Waals surface area contributed by atoms with Crippen molar-refractivity contribution in [2.45, 2.75) is 57.4 Å². The first kappa shape index (κ1) is 20.0. The van der Waals surface area contributed by atoms with E-state index in [1.807, 2.05) is 12.1 Å². The van der Waals surface area contributed by atoms with Gasteiger partial charge >= 0.3 is 149 Å². The van der Waals surface area contributed by atoms with Crippen LogP contribution in [0.3, 0.4) is 0 Å². The molecular weight excluding hydrogens is 397 g/mol. The van der Waals surface area contributed by atoms with Crippen molar-refractivity contribution in [1.82, 2.24) is 5.32 Å². The van der Waals surface area contributed by atoms with Gasteiger partial charge in [-0.1, -0.05) is 0 Å². The minimum atomic E-state index is -1.00. The molecule has 2 radical (unpaired) electrons. The normalized spacial score (nSPS) is 13.5. The molecule has 23 heavy (non-hydrogen) atoms. The van der Waals surface area contributed by atoms with Crippen LogP contribution in [0.4, 0.5) is 0 Å². The Balaban J connectivity index is 2.78. The molecule has 1 atom stereocenters. The first-order chi connectivity index (χ1) is 10.4. The molecule has 0 aliphatic carbocycles. The van der Waals surface area contributed by atoms with Gasteiger partial charge in [0.1, 0.15) is 0 Å². The molecule has 0 heterocycles. The molecule has 0 aliphatic rings. The van der Waals surface area contributed by atoms with Gasteiger partial charge in [0.25, 0.3) is 0 Å². The number of carbonyl (C=O) groups is 2. The van der Waals surface area contributed by atoms with Crippen LogP contribution < -0.4 is 8.90 Å². The maximum absolute atomic E-state index is 12.0. The molecule has 0 aromatic heterocycles. The molecule has 0 saturated heterocycles. The third-order valence-electron chi connectivity index (χ3n) is 3.20. The predicted molar refractivity (Wildman–Crippen MR) is 94.3 cm³/mol. The van der Waals surface area contributed by atoms with Gasteiger partial charge in [-0.25, -0.2) is 0 Å². The molecule has 5 heteroatoms. The third-order valence-corrected chi connectivity index (χ3v) is 7.11. The van der Waals surface area contributed by atoms with Crippen LogP contribution in [0.15, 0.2) is 24.3 Å². The van der Waals surface area contributed by atoms with E-state index in [1.165, 1.54) is 3.58 Å². The van der Waals surface area contributed by atoms with E-state index in [1.54, 1.807) is 20.8 Å². The topological polar surface area (TPSA) is 66.4 Å². The summed E-state index contributed by atoms with van der Waals surface area (Å²) < 4.78 is 1.78. The van der Waals surface area contributed by atoms with Gasteiger partial charge in [0.2, 0.25) is 0 Å². The second-order valence-corrected chi connectivity index (χ2v) is 14.5. The van der Waals surface area contributed by atoms with Crippen LogP contribution in [-0.2, 0) is 16.0 Å². The van der Waals surface area contributed by atoms with Crippen LogP contribution in [-0.4, -0.2) is 44.2 Å². The van der Waals surface area contributed by atoms with Gasteiger partial charge in [-0.05, 0) is 0 Å². The first-order valence-corrected chi connectivity index (χ1v) is 10.6. The Morgan fingerprint density at radius 2 is 1.61 bits per heavy atom. The van der Waals surface area contributed by atoms with Crippen LogP contribution in [0, 0.1) is 5.41 Å². The summed E-state index contributed by atoms with van der Waals surface area (Å²) >= 11 is -0.651. The SMILES string of the molecule is C[C](C)(C)[Sn][c]1ccc(C[C@H](NC(=O)C(C)(C)C)C(=O)O)cc1. The zero-order valence-corrected chi connectivity index (χ0v) is 17.7. The molecule has 0 aliphatic heterocycles. The quantitative estimate of drug-likeness (QED) is 0.714. The van der Waals surface area contributed by atoms with Crippen LogP contribution in [0.2, 0.25) is 3.43 Å². The Kier molecular flexibility index (Phi) is 6.68. The van der Waals surface area contributed by atoms with Crippen molar-refractivity contribution in [2.24, 2.45) is 5.41 Å². The van der Waals surface area contributed by atoms with Crippen molar-refractivity contribution in [2.75, 3.05) is 0 Å². The molecule has 1 rings (SSSR count). The third kappa shape index (κ3) is 7.38. The van der Waals surface area contributed by atoms with Crippen LogP contribution in [0.5, 0.6) is 0 Å². The van der Waals surface area contributed by atoms with E-state index in [-0.39, 0.29) is 5.91 Å². The molecule has 2 N–H and O–H groups in total. The zero-order chi connectivity index (χ0) is 17.8. The molecule has 0 fully saturated rings. The van der Waals surface area contributed by atoms with Crippen molar-refractivity contribution < 1.29 is 14.7 Å². The van der Waals surface area contributed by atoms with Crippen molar-refractivity contribution in [1.29, 1.82) is 0 Å². The van der Waals surface area contributed by atoms with Crippen LogP contribution in [0.1, 0.15) is 47.1 Å². The second kappa shape index (κ2) is 7.69. The number of nitrogens with one attached hydrogen (secondary N) is 1. The molecular formula is C18H27NO3Sn. The number of benzene rings is 1. The fraction of sp³-hybridized carbons (Fsp3) is 0.556. The van der Waals surface area contributed by atoms with Crippen molar-refractivity contribution in [3.05, 3.63) is 29.8 Å². The van der Waals surface area contributed by atoms with Crippen molar-refractivity contribution >= 4 is 36.6 Å². The fourth-order valence-electron chi connectivity index (χ4n) is 1.97. The maximum atomic E-state index is 12.0. The molecule has 1 amide bonds. The second-order valence-electron chi connectivity index (χ2n) is 7.89. The summed E-state index contributed by atoms with van der Waals surface area (Å²) in [5.41, 5.74) is 0.334. The Labute approximate surface area is 149 Å². The van der Waals surface area contributed by atoms with Gasteiger partial charge in [0, 0.05) is 0 Å². The number of carbonyl (C=O) groups excluding carboxylic acids is 1. The summed E-state index contributed by atoms with van der Waals surface area (Å²) in [7, 11) is 0. The summed E-state index contributed by atoms with van der Waals surface area (Å²) in [6.07, 6.45) is 0.304. The molecule has 126 valence electrons. The van der Waals surface area contributed by atoms with E-state index < -0.39 is 38.6 Å². The molecule has 0 saturated carbocycles. The van der Waals surface area contributed by atoms with E-state index in [4.69, 9.17) is 0 Å². The molecule has 0 spiro atoms. The zero-order valence-electron chi connectivity index (χ0n) is 14.9. The van der Waals surface area contributed by atoms with E-state index in [0.717, 1.165) is 5.56 Å². The van der Waals surface area contributed by atoms with Gasteiger partial charge in [-0.2, -0.15) is 0 Å². The monoisotopic (exact) mass is 425 g/mol. The van der Waals surface area contributed by atoms with E-state index in [0.29, 0.717) is 9.85 Å². The summed E-state index contributed by atoms with van der Waals surface area (Å²) in [5, 5.41) is 12.0. The molecule has 0 unspecified atom stereocenters. The van der Waals surface area contributed by atoms with Gasteiger partial charge in [0.15, 0.2) is 0 Å². The Morgan fingerprint density at radius 1 is 1.09 bits per heavy atom. The number of carboxylic acids is 1. The number of rotatable bonds is 5. The van der Waals surface area contributed by atoms with Crippen molar-refractivity contribution in [3.8, 4) is 0 Å². The fourth-order valence-corrected chi connectivity index (χ4v) is 5.39. The summed E-state index contributed by atoms with van der Waals surface area (Å²) in [4.78, 5) is 23.4. The Morgan fingerprint density at radius 3 is 2.00 bits per heavy atom. The Hall–Kier alpha value is -1.04. The molecule has 1 aromatic carbocycles. The van der Waals surface area contributed by atoms with Gasteiger partial charge in [0.05, 0.1) is 0 Å². The van der Waals surface area contributed by atoms with Gasteiger partial charge in [-0.15, -0.1) is 0 Å². The molecule has 0 bridgehead atoms. The van der Waals surface area contributed by atoms with E-state index >= 15 is 0 Å². The number of hydrogen-bond acceptors (Lipinski definition) is 2. The molecule has 1 aromatic rings. The standard InChI is InChI=1S/C14H18NO3.C4H9.Sn/c1-14(2,3)13(18)15-11(12(16)17)9-10-7-5-4-6-8-10;1-4(2)3;/h5-8,11H,9H2,1-3H3,(H,15,18)(H,16,17);1-3H3;/t11-;;/m0../s1. The minimum absolute atomic E-state index is 0.247. The number of aliphatic carboxylic acids is 1. The first-order valence-electron chi connectivity index (χ1n) is 7.79. The van der Waals surface area contributed by atoms with Crippen molar-refractivity contribution in [3.63, 3.8) is 0 Å². The van der Waals surface area contributed by atoms with Gasteiger partial charge < -0.3 is 0 Å². The predicted octanol–water partition coefficient (Wildman–Crippen LogP) is 2.39. The summed E-state index contributed by atoms with van der Waals surface area (Å²) in [6.45, 7) is 12.1. The average Bonchev–Trinajstić information content (AvgIpc) is 2.37. The average molecular weight is 424 g/mol. The summed E-state index contributed by atoms with van der Waals surface area (Å²) in [6, 6.07) is 7.30. The molecule has 4 nitrogen and oxygen atoms in total. The van der Waals surface area contributed by atoms with E-state index in [9.17, 15) is 14.7 Å². The van der Waals surface area contributed by atoms with Gasteiger partial charge in [-0.3, -0.25) is 0 Å². The number of amides is 1. The number of hydrogen-bond donors (Lipinski definition) is 2. The number of carboxylic acid groups (broad SMARTS) is 1. The summed E-state index contributed by atoms with van der Waals surface area (Å²) in [5.74, 6) is -1.25.